The molecule has 0 radical (unpaired) electrons. The number of anilines is 1. The van der Waals surface area contributed by atoms with E-state index in [1.54, 1.807) is 6.07 Å². The Morgan fingerprint density at radius 2 is 1.76 bits per heavy atom. The van der Waals surface area contributed by atoms with Crippen LogP contribution in [0.15, 0.2) is 42.5 Å². The van der Waals surface area contributed by atoms with Crippen molar-refractivity contribution in [2.75, 3.05) is 10.6 Å². The Morgan fingerprint density at radius 3 is 2.24 bits per heavy atom. The Labute approximate surface area is 154 Å². The predicted octanol–water partition coefficient (Wildman–Crippen LogP) is 3.59. The minimum Gasteiger partial charge on any atom is -0.480 e. The molecule has 25 heavy (non-hydrogen) atoms. The first-order chi connectivity index (χ1) is 11.6. The van der Waals surface area contributed by atoms with Crippen LogP contribution in [0.4, 0.5) is 10.1 Å². The summed E-state index contributed by atoms with van der Waals surface area (Å²) in [6.45, 7) is 0. The lowest BCUT2D eigenvalue weighted by Crippen LogP contribution is -2.46. The molecule has 0 aliphatic heterocycles. The standard InChI is InChI=1S/C16H14Cl2FNO4S/c1-25(23,24)20(12-5-3-11(19)4-6-12)15(16(21)22)9-10-2-7-13(17)14(18)8-10/h2-8,15H,9H2,1H3,(H,21,22)/t15-/m1/s1. The molecule has 0 bridgehead atoms. The maximum absolute atomic E-state index is 13.1. The normalized spacial score (nSPS) is 12.6. The zero-order chi connectivity index (χ0) is 18.8. The average Bonchev–Trinajstić information content (AvgIpc) is 2.50. The number of nitrogens with zero attached hydrogens (tertiary/aromatic N) is 1. The van der Waals surface area contributed by atoms with Crippen LogP contribution in [0.2, 0.25) is 10.0 Å². The van der Waals surface area contributed by atoms with E-state index in [4.69, 9.17) is 23.2 Å². The van der Waals surface area contributed by atoms with Gasteiger partial charge in [-0.15, -0.1) is 0 Å². The van der Waals surface area contributed by atoms with Gasteiger partial charge in [0.25, 0.3) is 0 Å². The molecule has 1 N–H and O–H groups in total. The van der Waals surface area contributed by atoms with Crippen LogP contribution < -0.4 is 4.31 Å². The Bertz CT molecular complexity index is 888. The van der Waals surface area contributed by atoms with Gasteiger partial charge < -0.3 is 5.11 Å². The van der Waals surface area contributed by atoms with E-state index in [1.165, 1.54) is 24.3 Å². The van der Waals surface area contributed by atoms with Crippen molar-refractivity contribution in [1.82, 2.24) is 0 Å². The van der Waals surface area contributed by atoms with Crippen LogP contribution in [0.1, 0.15) is 5.56 Å². The number of rotatable bonds is 6. The van der Waals surface area contributed by atoms with Crippen molar-refractivity contribution in [3.05, 3.63) is 63.9 Å². The minimum absolute atomic E-state index is 0.0522. The van der Waals surface area contributed by atoms with Gasteiger partial charge in [0.05, 0.1) is 22.0 Å². The first-order valence-electron chi connectivity index (χ1n) is 7.01. The molecule has 2 rings (SSSR count). The van der Waals surface area contributed by atoms with Gasteiger partial charge >= 0.3 is 5.97 Å². The van der Waals surface area contributed by atoms with E-state index in [1.807, 2.05) is 0 Å². The topological polar surface area (TPSA) is 74.7 Å². The van der Waals surface area contributed by atoms with Crippen LogP contribution in [0.25, 0.3) is 0 Å². The smallest absolute Gasteiger partial charge is 0.327 e. The van der Waals surface area contributed by atoms with Crippen molar-refractivity contribution in [3.8, 4) is 0 Å². The number of hydrogen-bond acceptors (Lipinski definition) is 3. The van der Waals surface area contributed by atoms with Crippen LogP contribution in [0.3, 0.4) is 0 Å². The zero-order valence-corrected chi connectivity index (χ0v) is 15.3. The van der Waals surface area contributed by atoms with Crippen LogP contribution in [0.5, 0.6) is 0 Å². The maximum Gasteiger partial charge on any atom is 0.327 e. The van der Waals surface area contributed by atoms with Crippen molar-refractivity contribution in [2.45, 2.75) is 12.5 Å². The van der Waals surface area contributed by atoms with Gasteiger partial charge in [0.2, 0.25) is 10.0 Å². The highest BCUT2D eigenvalue weighted by Crippen LogP contribution is 2.26. The molecule has 1 atom stereocenters. The monoisotopic (exact) mass is 405 g/mol. The van der Waals surface area contributed by atoms with Crippen molar-refractivity contribution in [2.24, 2.45) is 0 Å². The molecule has 0 heterocycles. The Balaban J connectivity index is 2.47. The highest BCUT2D eigenvalue weighted by Gasteiger charge is 2.33. The van der Waals surface area contributed by atoms with E-state index >= 15 is 0 Å². The summed E-state index contributed by atoms with van der Waals surface area (Å²) >= 11 is 11.8. The summed E-state index contributed by atoms with van der Waals surface area (Å²) in [7, 11) is -3.94. The summed E-state index contributed by atoms with van der Waals surface area (Å²) in [5.41, 5.74) is 0.550. The fourth-order valence-corrected chi connectivity index (χ4v) is 3.80. The lowest BCUT2D eigenvalue weighted by atomic mass is 10.1. The highest BCUT2D eigenvalue weighted by atomic mass is 35.5. The number of benzene rings is 2. The molecule has 0 saturated carbocycles. The number of halogens is 3. The molecular weight excluding hydrogens is 392 g/mol. The van der Waals surface area contributed by atoms with Gasteiger partial charge in [0.15, 0.2) is 0 Å². The maximum atomic E-state index is 13.1. The second-order valence-electron chi connectivity index (χ2n) is 5.34. The summed E-state index contributed by atoms with van der Waals surface area (Å²) in [5.74, 6) is -1.91. The van der Waals surface area contributed by atoms with Gasteiger partial charge in [-0.05, 0) is 42.0 Å². The van der Waals surface area contributed by atoms with Crippen molar-refractivity contribution >= 4 is 44.9 Å². The summed E-state index contributed by atoms with van der Waals surface area (Å²) < 4.78 is 38.3. The second-order valence-corrected chi connectivity index (χ2v) is 8.02. The first-order valence-corrected chi connectivity index (χ1v) is 9.61. The summed E-state index contributed by atoms with van der Waals surface area (Å²) in [6.07, 6.45) is 0.748. The fraction of sp³-hybridized carbons (Fsp3) is 0.188. The third kappa shape index (κ3) is 4.84. The van der Waals surface area contributed by atoms with E-state index in [2.05, 4.69) is 0 Å². The van der Waals surface area contributed by atoms with Crippen LogP contribution >= 0.6 is 23.2 Å². The van der Waals surface area contributed by atoms with Crippen LogP contribution in [-0.4, -0.2) is 31.8 Å². The van der Waals surface area contributed by atoms with E-state index in [9.17, 15) is 22.7 Å². The van der Waals surface area contributed by atoms with Gasteiger partial charge in [-0.2, -0.15) is 0 Å². The lowest BCUT2D eigenvalue weighted by Gasteiger charge is -2.29. The number of carboxylic acid groups (broad SMARTS) is 1. The fourth-order valence-electron chi connectivity index (χ4n) is 2.35. The second kappa shape index (κ2) is 7.59. The molecule has 9 heteroatoms. The average molecular weight is 406 g/mol. The summed E-state index contributed by atoms with van der Waals surface area (Å²) in [5, 5.41) is 10.1. The molecule has 2 aromatic rings. The van der Waals surface area contributed by atoms with E-state index < -0.39 is 27.9 Å². The van der Waals surface area contributed by atoms with Crippen LogP contribution in [-0.2, 0) is 21.2 Å². The highest BCUT2D eigenvalue weighted by molar-refractivity contribution is 7.92. The Morgan fingerprint density at radius 1 is 1.16 bits per heavy atom. The predicted molar refractivity (Wildman–Crippen MR) is 95.3 cm³/mol. The Hall–Kier alpha value is -1.83. The SMILES string of the molecule is CS(=O)(=O)N(c1ccc(F)cc1)[C@H](Cc1ccc(Cl)c(Cl)c1)C(=O)O. The van der Waals surface area contributed by atoms with Gasteiger partial charge in [-0.25, -0.2) is 17.6 Å². The Kier molecular flexibility index (Phi) is 5.92. The van der Waals surface area contributed by atoms with Gasteiger partial charge in [0, 0.05) is 6.42 Å². The molecule has 0 saturated heterocycles. The molecule has 2 aromatic carbocycles. The van der Waals surface area contributed by atoms with Gasteiger partial charge in [-0.1, -0.05) is 29.3 Å². The molecule has 0 aromatic heterocycles. The summed E-state index contributed by atoms with van der Waals surface area (Å²) in [6, 6.07) is 7.65. The minimum atomic E-state index is -3.94. The zero-order valence-electron chi connectivity index (χ0n) is 13.0. The molecular formula is C16H14Cl2FNO4S. The lowest BCUT2D eigenvalue weighted by molar-refractivity contribution is -0.138. The molecule has 134 valence electrons. The molecule has 0 unspecified atom stereocenters. The van der Waals surface area contributed by atoms with Crippen molar-refractivity contribution in [3.63, 3.8) is 0 Å². The third-order valence-corrected chi connectivity index (χ3v) is 5.34. The largest absolute Gasteiger partial charge is 0.480 e. The van der Waals surface area contributed by atoms with Gasteiger partial charge in [0.1, 0.15) is 11.9 Å². The molecule has 0 aliphatic rings. The van der Waals surface area contributed by atoms with E-state index in [0.717, 1.165) is 22.7 Å². The number of carboxylic acids is 1. The van der Waals surface area contributed by atoms with Crippen molar-refractivity contribution < 1.29 is 22.7 Å². The number of aliphatic carboxylic acids is 1. The first kappa shape index (κ1) is 19.5. The number of hydrogen-bond donors (Lipinski definition) is 1. The van der Waals surface area contributed by atoms with Gasteiger partial charge in [-0.3, -0.25) is 4.31 Å². The van der Waals surface area contributed by atoms with E-state index in [0.29, 0.717) is 10.6 Å². The van der Waals surface area contributed by atoms with Crippen molar-refractivity contribution in [1.29, 1.82) is 0 Å². The summed E-state index contributed by atoms with van der Waals surface area (Å²) in [4.78, 5) is 11.7. The van der Waals surface area contributed by atoms with Crippen LogP contribution in [0, 0.1) is 5.82 Å². The molecule has 0 spiro atoms. The number of sulfonamides is 1. The molecule has 5 nitrogen and oxygen atoms in total. The quantitative estimate of drug-likeness (QED) is 0.796. The molecule has 0 aliphatic carbocycles. The molecule has 0 fully saturated rings. The third-order valence-electron chi connectivity index (χ3n) is 3.42. The number of carbonyl (C=O) groups is 1. The van der Waals surface area contributed by atoms with E-state index in [-0.39, 0.29) is 17.1 Å². The molecule has 0 amide bonds.